The van der Waals surface area contributed by atoms with Crippen molar-refractivity contribution in [1.82, 2.24) is 5.32 Å². The SMILES string of the molecule is CCNc1ccc(CC2=CCC(NC(C)(C)C)C=C2)cc1. The Hall–Kier alpha value is -1.54. The summed E-state index contributed by atoms with van der Waals surface area (Å²) in [6, 6.07) is 9.22. The lowest BCUT2D eigenvalue weighted by Crippen LogP contribution is -2.42. The highest BCUT2D eigenvalue weighted by atomic mass is 15.0. The van der Waals surface area contributed by atoms with Crippen LogP contribution in [0.2, 0.25) is 0 Å². The van der Waals surface area contributed by atoms with Crippen LogP contribution < -0.4 is 10.6 Å². The minimum Gasteiger partial charge on any atom is -0.385 e. The van der Waals surface area contributed by atoms with Crippen molar-refractivity contribution in [2.75, 3.05) is 11.9 Å². The number of rotatable bonds is 5. The third-order valence-corrected chi connectivity index (χ3v) is 3.54. The molecule has 1 unspecified atom stereocenters. The van der Waals surface area contributed by atoms with E-state index in [1.165, 1.54) is 16.8 Å². The molecule has 1 aromatic rings. The molecule has 1 aliphatic rings. The first-order valence-corrected chi connectivity index (χ1v) is 7.94. The zero-order chi connectivity index (χ0) is 15.3. The molecule has 2 heteroatoms. The van der Waals surface area contributed by atoms with Crippen molar-refractivity contribution in [3.63, 3.8) is 0 Å². The summed E-state index contributed by atoms with van der Waals surface area (Å²) in [4.78, 5) is 0. The summed E-state index contributed by atoms with van der Waals surface area (Å²) in [5, 5.41) is 6.95. The Balaban J connectivity index is 1.89. The molecule has 1 aliphatic carbocycles. The van der Waals surface area contributed by atoms with E-state index in [-0.39, 0.29) is 5.54 Å². The van der Waals surface area contributed by atoms with Gasteiger partial charge in [-0.25, -0.2) is 0 Å². The molecule has 0 saturated carbocycles. The minimum absolute atomic E-state index is 0.169. The smallest absolute Gasteiger partial charge is 0.0340 e. The maximum Gasteiger partial charge on any atom is 0.0340 e. The van der Waals surface area contributed by atoms with Crippen molar-refractivity contribution >= 4 is 5.69 Å². The lowest BCUT2D eigenvalue weighted by Gasteiger charge is -2.27. The van der Waals surface area contributed by atoms with Gasteiger partial charge < -0.3 is 10.6 Å². The molecule has 0 spiro atoms. The predicted molar refractivity (Wildman–Crippen MR) is 92.8 cm³/mol. The third kappa shape index (κ3) is 5.39. The molecule has 2 nitrogen and oxygen atoms in total. The Morgan fingerprint density at radius 3 is 2.38 bits per heavy atom. The van der Waals surface area contributed by atoms with Crippen LogP contribution in [-0.2, 0) is 6.42 Å². The van der Waals surface area contributed by atoms with Gasteiger partial charge in [0.15, 0.2) is 0 Å². The van der Waals surface area contributed by atoms with Gasteiger partial charge in [0.2, 0.25) is 0 Å². The van der Waals surface area contributed by atoms with Gasteiger partial charge in [0.1, 0.15) is 0 Å². The van der Waals surface area contributed by atoms with Crippen LogP contribution in [0, 0.1) is 0 Å². The second kappa shape index (κ2) is 6.95. The Labute approximate surface area is 129 Å². The highest BCUT2D eigenvalue weighted by molar-refractivity contribution is 5.45. The fourth-order valence-electron chi connectivity index (χ4n) is 2.64. The normalized spacial score (nSPS) is 18.5. The van der Waals surface area contributed by atoms with Gasteiger partial charge in [0.05, 0.1) is 0 Å². The predicted octanol–water partition coefficient (Wildman–Crippen LogP) is 4.30. The average molecular weight is 284 g/mol. The maximum atomic E-state index is 3.62. The van der Waals surface area contributed by atoms with E-state index < -0.39 is 0 Å². The molecule has 1 aromatic carbocycles. The lowest BCUT2D eigenvalue weighted by molar-refractivity contribution is 0.390. The highest BCUT2D eigenvalue weighted by Crippen LogP contribution is 2.18. The number of hydrogen-bond donors (Lipinski definition) is 2. The van der Waals surface area contributed by atoms with E-state index in [1.807, 2.05) is 0 Å². The highest BCUT2D eigenvalue weighted by Gasteiger charge is 2.16. The molecule has 0 heterocycles. The number of benzene rings is 1. The summed E-state index contributed by atoms with van der Waals surface area (Å²) in [6.45, 7) is 9.73. The maximum absolute atomic E-state index is 3.62. The van der Waals surface area contributed by atoms with Gasteiger partial charge in [0.25, 0.3) is 0 Å². The minimum atomic E-state index is 0.169. The van der Waals surface area contributed by atoms with Crippen LogP contribution in [-0.4, -0.2) is 18.1 Å². The Morgan fingerprint density at radius 1 is 1.14 bits per heavy atom. The fourth-order valence-corrected chi connectivity index (χ4v) is 2.64. The molecule has 21 heavy (non-hydrogen) atoms. The van der Waals surface area contributed by atoms with Crippen molar-refractivity contribution in [2.24, 2.45) is 0 Å². The van der Waals surface area contributed by atoms with Crippen LogP contribution in [0.5, 0.6) is 0 Å². The van der Waals surface area contributed by atoms with Crippen LogP contribution in [0.1, 0.15) is 39.7 Å². The number of hydrogen-bond acceptors (Lipinski definition) is 2. The first-order chi connectivity index (χ1) is 9.96. The second-order valence-electron chi connectivity index (χ2n) is 6.78. The molecular weight excluding hydrogens is 256 g/mol. The largest absolute Gasteiger partial charge is 0.385 e. The summed E-state index contributed by atoms with van der Waals surface area (Å²) in [5.74, 6) is 0. The molecule has 0 fully saturated rings. The van der Waals surface area contributed by atoms with Crippen molar-refractivity contribution in [3.05, 3.63) is 53.6 Å². The number of allylic oxidation sites excluding steroid dienone is 2. The third-order valence-electron chi connectivity index (χ3n) is 3.54. The van der Waals surface area contributed by atoms with Crippen molar-refractivity contribution < 1.29 is 0 Å². The van der Waals surface area contributed by atoms with Gasteiger partial charge >= 0.3 is 0 Å². The summed E-state index contributed by atoms with van der Waals surface area (Å²) in [7, 11) is 0. The molecular formula is C19H28N2. The van der Waals surface area contributed by atoms with E-state index in [9.17, 15) is 0 Å². The van der Waals surface area contributed by atoms with Gasteiger partial charge in [-0.2, -0.15) is 0 Å². The standard InChI is InChI=1S/C19H28N2/c1-5-20-17-10-6-15(7-11-17)14-16-8-12-18(13-9-16)21-19(2,3)4/h6-12,18,20-21H,5,13-14H2,1-4H3. The molecule has 0 saturated heterocycles. The molecule has 114 valence electrons. The lowest BCUT2D eigenvalue weighted by atomic mass is 9.95. The monoisotopic (exact) mass is 284 g/mol. The van der Waals surface area contributed by atoms with E-state index in [4.69, 9.17) is 0 Å². The topological polar surface area (TPSA) is 24.1 Å². The molecule has 2 rings (SSSR count). The summed E-state index contributed by atoms with van der Waals surface area (Å²) < 4.78 is 0. The van der Waals surface area contributed by atoms with Crippen molar-refractivity contribution in [3.8, 4) is 0 Å². The fraction of sp³-hybridized carbons (Fsp3) is 0.474. The van der Waals surface area contributed by atoms with Gasteiger partial charge in [-0.3, -0.25) is 0 Å². The molecule has 2 N–H and O–H groups in total. The molecule has 1 atom stereocenters. The summed E-state index contributed by atoms with van der Waals surface area (Å²) in [5.41, 5.74) is 4.15. The number of anilines is 1. The van der Waals surface area contributed by atoms with Gasteiger partial charge in [-0.15, -0.1) is 0 Å². The van der Waals surface area contributed by atoms with Crippen LogP contribution in [0.4, 0.5) is 5.69 Å². The van der Waals surface area contributed by atoms with Crippen LogP contribution in [0.3, 0.4) is 0 Å². The van der Waals surface area contributed by atoms with Crippen molar-refractivity contribution in [1.29, 1.82) is 0 Å². The quantitative estimate of drug-likeness (QED) is 0.842. The Morgan fingerprint density at radius 2 is 1.86 bits per heavy atom. The first kappa shape index (κ1) is 15.8. The zero-order valence-electron chi connectivity index (χ0n) is 13.7. The molecule has 0 aliphatic heterocycles. The first-order valence-electron chi connectivity index (χ1n) is 7.94. The van der Waals surface area contributed by atoms with E-state index in [0.717, 1.165) is 19.4 Å². The summed E-state index contributed by atoms with van der Waals surface area (Å²) >= 11 is 0. The van der Waals surface area contributed by atoms with E-state index in [2.05, 4.69) is 80.8 Å². The molecule has 0 amide bonds. The molecule has 0 radical (unpaired) electrons. The molecule has 0 bridgehead atoms. The number of nitrogens with one attached hydrogen (secondary N) is 2. The average Bonchev–Trinajstić information content (AvgIpc) is 2.42. The van der Waals surface area contributed by atoms with Crippen molar-refractivity contribution in [2.45, 2.75) is 52.1 Å². The van der Waals surface area contributed by atoms with Crippen LogP contribution in [0.25, 0.3) is 0 Å². The van der Waals surface area contributed by atoms with Crippen LogP contribution >= 0.6 is 0 Å². The van der Waals surface area contributed by atoms with Gasteiger partial charge in [0, 0.05) is 23.8 Å². The van der Waals surface area contributed by atoms with Crippen LogP contribution in [0.15, 0.2) is 48.1 Å². The summed E-state index contributed by atoms with van der Waals surface area (Å²) in [6.07, 6.45) is 9.03. The molecule has 0 aromatic heterocycles. The van der Waals surface area contributed by atoms with Gasteiger partial charge in [-0.05, 0) is 63.8 Å². The second-order valence-corrected chi connectivity index (χ2v) is 6.78. The Kier molecular flexibility index (Phi) is 5.24. The zero-order valence-corrected chi connectivity index (χ0v) is 13.7. The Bertz CT molecular complexity index is 503. The van der Waals surface area contributed by atoms with E-state index >= 15 is 0 Å². The van der Waals surface area contributed by atoms with E-state index in [0.29, 0.717) is 6.04 Å². The van der Waals surface area contributed by atoms with E-state index in [1.54, 1.807) is 0 Å². The van der Waals surface area contributed by atoms with Gasteiger partial charge in [-0.1, -0.05) is 30.4 Å².